The molecule has 216 valence electrons. The number of nitrogens with one attached hydrogen (secondary N) is 3. The molecule has 0 bridgehead atoms. The van der Waals surface area contributed by atoms with Gasteiger partial charge in [0, 0.05) is 47.0 Å². The highest BCUT2D eigenvalue weighted by Gasteiger charge is 2.19. The molecule has 5 rings (SSSR count). The first-order valence-electron chi connectivity index (χ1n) is 13.3. The number of hydrogen-bond acceptors (Lipinski definition) is 6. The second-order valence-corrected chi connectivity index (χ2v) is 10.4. The average Bonchev–Trinajstić information content (AvgIpc) is 3.34. The third-order valence-electron chi connectivity index (χ3n) is 6.80. The number of halogens is 1. The maximum Gasteiger partial charge on any atom is 0.256 e. The molecule has 8 nitrogen and oxygen atoms in total. The molecule has 0 aliphatic heterocycles. The molecule has 0 atom stereocenters. The van der Waals surface area contributed by atoms with Gasteiger partial charge in [0.15, 0.2) is 5.16 Å². The monoisotopic (exact) mass is 592 g/mol. The summed E-state index contributed by atoms with van der Waals surface area (Å²) in [5.74, 6) is -0.365. The number of aromatic nitrogens is 3. The Kier molecular flexibility index (Phi) is 8.68. The third kappa shape index (κ3) is 6.49. The zero-order chi connectivity index (χ0) is 30.5. The van der Waals surface area contributed by atoms with Gasteiger partial charge in [-0.1, -0.05) is 30.5 Å². The highest BCUT2D eigenvalue weighted by atomic mass is 32.2. The second kappa shape index (κ2) is 12.7. The Bertz CT molecular complexity index is 1830. The standard InChI is InChI=1S/C33H29FN6O2S/c1-5-29(41)38-27-11-7-10-26(20(27)2)32(42)37-25-9-6-8-24(19-25)36-28-18-22(16-17-35-28)31-30(39-33(43-4)40(31)3)21-12-14-23(34)15-13-21/h5-19H,1H2,2-4H3,(H,35,36)(H,37,42)(H,38,41). The molecule has 0 aliphatic rings. The molecule has 43 heavy (non-hydrogen) atoms. The molecule has 0 spiro atoms. The Morgan fingerprint density at radius 3 is 2.44 bits per heavy atom. The first-order chi connectivity index (χ1) is 20.8. The zero-order valence-corrected chi connectivity index (χ0v) is 24.6. The molecular weight excluding hydrogens is 563 g/mol. The summed E-state index contributed by atoms with van der Waals surface area (Å²) in [4.78, 5) is 34.2. The molecule has 2 aromatic heterocycles. The molecule has 2 amide bonds. The number of imidazole rings is 1. The van der Waals surface area contributed by atoms with Crippen LogP contribution in [0.4, 0.5) is 27.3 Å². The average molecular weight is 593 g/mol. The molecule has 3 aromatic carbocycles. The molecule has 0 saturated carbocycles. The Hall–Kier alpha value is -5.22. The maximum atomic E-state index is 13.6. The largest absolute Gasteiger partial charge is 0.340 e. The van der Waals surface area contributed by atoms with E-state index in [-0.39, 0.29) is 17.6 Å². The van der Waals surface area contributed by atoms with Crippen LogP contribution in [0.15, 0.2) is 103 Å². The summed E-state index contributed by atoms with van der Waals surface area (Å²) in [7, 11) is 1.95. The summed E-state index contributed by atoms with van der Waals surface area (Å²) >= 11 is 1.53. The summed E-state index contributed by atoms with van der Waals surface area (Å²) in [6.45, 7) is 5.24. The quantitative estimate of drug-likeness (QED) is 0.122. The van der Waals surface area contributed by atoms with Crippen molar-refractivity contribution < 1.29 is 14.0 Å². The highest BCUT2D eigenvalue weighted by Crippen LogP contribution is 2.35. The molecule has 0 aliphatic carbocycles. The van der Waals surface area contributed by atoms with Crippen molar-refractivity contribution in [3.63, 3.8) is 0 Å². The van der Waals surface area contributed by atoms with E-state index >= 15 is 0 Å². The SMILES string of the molecule is C=CC(=O)Nc1cccc(C(=O)Nc2cccc(Nc3cc(-c4c(-c5ccc(F)cc5)nc(SC)n4C)ccn3)c2)c1C. The van der Waals surface area contributed by atoms with Crippen molar-refractivity contribution in [2.75, 3.05) is 22.2 Å². The summed E-state index contributed by atoms with van der Waals surface area (Å²) in [6, 6.07) is 22.6. The van der Waals surface area contributed by atoms with Gasteiger partial charge in [-0.25, -0.2) is 14.4 Å². The fraction of sp³-hybridized carbons (Fsp3) is 0.0909. The molecule has 5 aromatic rings. The van der Waals surface area contributed by atoms with E-state index in [4.69, 9.17) is 4.98 Å². The molecule has 2 heterocycles. The zero-order valence-electron chi connectivity index (χ0n) is 23.8. The smallest absolute Gasteiger partial charge is 0.256 e. The lowest BCUT2D eigenvalue weighted by molar-refractivity contribution is -0.111. The van der Waals surface area contributed by atoms with Crippen molar-refractivity contribution in [3.05, 3.63) is 115 Å². The Labute approximate surface area is 253 Å². The number of amides is 2. The van der Waals surface area contributed by atoms with Crippen LogP contribution >= 0.6 is 11.8 Å². The summed E-state index contributed by atoms with van der Waals surface area (Å²) < 4.78 is 15.6. The predicted octanol–water partition coefficient (Wildman–Crippen LogP) is 7.44. The Morgan fingerprint density at radius 2 is 1.70 bits per heavy atom. The van der Waals surface area contributed by atoms with E-state index in [1.165, 1.54) is 30.0 Å². The van der Waals surface area contributed by atoms with E-state index in [2.05, 4.69) is 27.5 Å². The minimum Gasteiger partial charge on any atom is -0.340 e. The van der Waals surface area contributed by atoms with Crippen LogP contribution in [-0.2, 0) is 11.8 Å². The number of anilines is 4. The number of thioether (sulfide) groups is 1. The van der Waals surface area contributed by atoms with Crippen molar-refractivity contribution in [1.82, 2.24) is 14.5 Å². The van der Waals surface area contributed by atoms with Gasteiger partial charge in [-0.3, -0.25) is 9.59 Å². The summed E-state index contributed by atoms with van der Waals surface area (Å²) in [5.41, 5.74) is 6.25. The van der Waals surface area contributed by atoms with E-state index in [1.54, 1.807) is 49.5 Å². The molecule has 0 unspecified atom stereocenters. The highest BCUT2D eigenvalue weighted by molar-refractivity contribution is 7.98. The van der Waals surface area contributed by atoms with E-state index in [0.29, 0.717) is 28.3 Å². The first-order valence-corrected chi connectivity index (χ1v) is 14.5. The van der Waals surface area contributed by atoms with Gasteiger partial charge >= 0.3 is 0 Å². The van der Waals surface area contributed by atoms with E-state index in [9.17, 15) is 14.0 Å². The number of rotatable bonds is 9. The van der Waals surface area contributed by atoms with Crippen LogP contribution < -0.4 is 16.0 Å². The van der Waals surface area contributed by atoms with Crippen molar-refractivity contribution in [2.45, 2.75) is 12.1 Å². The molecular formula is C33H29FN6O2S. The number of pyridine rings is 1. The fourth-order valence-electron chi connectivity index (χ4n) is 4.67. The van der Waals surface area contributed by atoms with Crippen LogP contribution in [0.5, 0.6) is 0 Å². The van der Waals surface area contributed by atoms with Gasteiger partial charge in [0.25, 0.3) is 5.91 Å². The van der Waals surface area contributed by atoms with Gasteiger partial charge < -0.3 is 20.5 Å². The van der Waals surface area contributed by atoms with Crippen LogP contribution in [0.2, 0.25) is 0 Å². The minimum atomic E-state index is -0.350. The van der Waals surface area contributed by atoms with Crippen LogP contribution in [-0.4, -0.2) is 32.6 Å². The van der Waals surface area contributed by atoms with Gasteiger partial charge in [0.05, 0.1) is 11.4 Å². The number of nitrogens with zero attached hydrogens (tertiary/aromatic N) is 3. The normalized spacial score (nSPS) is 10.7. The third-order valence-corrected chi connectivity index (χ3v) is 7.53. The van der Waals surface area contributed by atoms with Gasteiger partial charge in [-0.15, -0.1) is 0 Å². The van der Waals surface area contributed by atoms with Crippen molar-refractivity contribution in [2.24, 2.45) is 7.05 Å². The Morgan fingerprint density at radius 1 is 0.953 bits per heavy atom. The van der Waals surface area contributed by atoms with Gasteiger partial charge in [-0.2, -0.15) is 0 Å². The molecule has 0 saturated heterocycles. The number of benzene rings is 3. The lowest BCUT2D eigenvalue weighted by Gasteiger charge is -2.13. The van der Waals surface area contributed by atoms with E-state index in [0.717, 1.165) is 33.4 Å². The number of hydrogen-bond donors (Lipinski definition) is 3. The lowest BCUT2D eigenvalue weighted by Crippen LogP contribution is -2.15. The first kappa shape index (κ1) is 29.3. The van der Waals surface area contributed by atoms with Crippen molar-refractivity contribution in [3.8, 4) is 22.5 Å². The topological polar surface area (TPSA) is 101 Å². The van der Waals surface area contributed by atoms with Crippen LogP contribution in [0.1, 0.15) is 15.9 Å². The second-order valence-electron chi connectivity index (χ2n) is 9.62. The fourth-order valence-corrected chi connectivity index (χ4v) is 5.22. The number of carbonyl (C=O) groups is 2. The van der Waals surface area contributed by atoms with E-state index in [1.807, 2.05) is 48.2 Å². The van der Waals surface area contributed by atoms with Crippen LogP contribution in [0.3, 0.4) is 0 Å². The molecule has 3 N–H and O–H groups in total. The summed E-state index contributed by atoms with van der Waals surface area (Å²) in [6.07, 6.45) is 4.85. The van der Waals surface area contributed by atoms with Gasteiger partial charge in [0.2, 0.25) is 5.91 Å². The van der Waals surface area contributed by atoms with Crippen molar-refractivity contribution >= 4 is 46.5 Å². The lowest BCUT2D eigenvalue weighted by atomic mass is 10.1. The predicted molar refractivity (Wildman–Crippen MR) is 171 cm³/mol. The van der Waals surface area contributed by atoms with Gasteiger partial charge in [-0.05, 0) is 91.5 Å². The van der Waals surface area contributed by atoms with Crippen LogP contribution in [0.25, 0.3) is 22.5 Å². The number of carbonyl (C=O) groups excluding carboxylic acids is 2. The van der Waals surface area contributed by atoms with Crippen molar-refractivity contribution in [1.29, 1.82) is 0 Å². The molecule has 0 fully saturated rings. The molecule has 0 radical (unpaired) electrons. The minimum absolute atomic E-state index is 0.305. The van der Waals surface area contributed by atoms with Gasteiger partial charge in [0.1, 0.15) is 11.6 Å². The maximum absolute atomic E-state index is 13.6. The van der Waals surface area contributed by atoms with E-state index < -0.39 is 0 Å². The Balaban J connectivity index is 1.38. The van der Waals surface area contributed by atoms with Crippen LogP contribution in [0, 0.1) is 12.7 Å². The molecule has 10 heteroatoms. The summed E-state index contributed by atoms with van der Waals surface area (Å²) in [5, 5.41) is 9.80.